The van der Waals surface area contributed by atoms with Crippen LogP contribution in [0.5, 0.6) is 0 Å². The third-order valence-corrected chi connectivity index (χ3v) is 3.22. The minimum absolute atomic E-state index is 0.118. The molecule has 0 aliphatic heterocycles. The molecule has 0 aliphatic carbocycles. The molecule has 6 heteroatoms. The second kappa shape index (κ2) is 6.21. The molecular weight excluding hydrogens is 270 g/mol. The summed E-state index contributed by atoms with van der Waals surface area (Å²) < 4.78 is 6.35. The van der Waals surface area contributed by atoms with E-state index in [1.807, 2.05) is 13.1 Å². The number of carbonyl (C=O) groups is 2. The fourth-order valence-electron chi connectivity index (χ4n) is 1.96. The lowest BCUT2D eigenvalue weighted by atomic mass is 10.1. The first-order valence-corrected chi connectivity index (χ1v) is 6.43. The summed E-state index contributed by atoms with van der Waals surface area (Å²) in [5.74, 6) is -0.537. The number of carbonyl (C=O) groups excluding carboxylic acids is 2. The monoisotopic (exact) mass is 287 g/mol. The van der Waals surface area contributed by atoms with E-state index in [9.17, 15) is 9.59 Å². The van der Waals surface area contributed by atoms with Gasteiger partial charge in [-0.1, -0.05) is 0 Å². The molecular formula is C15H17N3O3. The lowest BCUT2D eigenvalue weighted by Gasteiger charge is -2.17. The highest BCUT2D eigenvalue weighted by atomic mass is 16.5. The van der Waals surface area contributed by atoms with Gasteiger partial charge in [0.1, 0.15) is 0 Å². The van der Waals surface area contributed by atoms with Gasteiger partial charge in [-0.05, 0) is 30.3 Å². The molecule has 0 spiro atoms. The summed E-state index contributed by atoms with van der Waals surface area (Å²) in [7, 11) is 4.88. The van der Waals surface area contributed by atoms with Crippen molar-refractivity contribution < 1.29 is 14.3 Å². The summed E-state index contributed by atoms with van der Waals surface area (Å²) >= 11 is 0. The Bertz CT molecular complexity index is 646. The molecule has 0 saturated carbocycles. The highest BCUT2D eigenvalue weighted by Crippen LogP contribution is 2.10. The minimum atomic E-state index is -0.419. The van der Waals surface area contributed by atoms with Crippen LogP contribution in [0.15, 0.2) is 36.5 Å². The van der Waals surface area contributed by atoms with E-state index in [1.165, 1.54) is 7.11 Å². The van der Waals surface area contributed by atoms with E-state index in [-0.39, 0.29) is 5.91 Å². The number of rotatable bonds is 4. The van der Waals surface area contributed by atoms with Crippen LogP contribution in [0.1, 0.15) is 26.4 Å². The summed E-state index contributed by atoms with van der Waals surface area (Å²) in [6, 6.07) is 8.26. The molecule has 1 aromatic heterocycles. The Morgan fingerprint density at radius 2 is 1.81 bits per heavy atom. The van der Waals surface area contributed by atoms with E-state index in [0.29, 0.717) is 17.7 Å². The molecule has 0 atom stereocenters. The maximum atomic E-state index is 12.3. The summed E-state index contributed by atoms with van der Waals surface area (Å²) in [5.41, 5.74) is 1.88. The summed E-state index contributed by atoms with van der Waals surface area (Å²) in [4.78, 5) is 25.3. The lowest BCUT2D eigenvalue weighted by Crippen LogP contribution is -2.27. The van der Waals surface area contributed by atoms with Crippen LogP contribution in [-0.2, 0) is 18.3 Å². The number of aryl methyl sites for hydroxylation is 1. The van der Waals surface area contributed by atoms with Gasteiger partial charge in [-0.15, -0.1) is 0 Å². The molecule has 6 nitrogen and oxygen atoms in total. The maximum Gasteiger partial charge on any atom is 0.337 e. The van der Waals surface area contributed by atoms with Crippen LogP contribution >= 0.6 is 0 Å². The largest absolute Gasteiger partial charge is 0.465 e. The Morgan fingerprint density at radius 3 is 2.33 bits per heavy atom. The molecule has 0 fully saturated rings. The van der Waals surface area contributed by atoms with Crippen molar-refractivity contribution >= 4 is 11.9 Å². The predicted molar refractivity (Wildman–Crippen MR) is 76.8 cm³/mol. The first-order chi connectivity index (χ1) is 10.0. The van der Waals surface area contributed by atoms with Crippen molar-refractivity contribution in [3.05, 3.63) is 53.3 Å². The fourth-order valence-corrected chi connectivity index (χ4v) is 1.96. The number of methoxy groups -OCH3 is 1. The van der Waals surface area contributed by atoms with Crippen LogP contribution in [0, 0.1) is 0 Å². The zero-order valence-electron chi connectivity index (χ0n) is 12.2. The highest BCUT2D eigenvalue weighted by Gasteiger charge is 2.14. The van der Waals surface area contributed by atoms with Crippen molar-refractivity contribution in [1.82, 2.24) is 14.7 Å². The molecule has 0 saturated heterocycles. The number of benzene rings is 1. The molecule has 2 aromatic rings. The molecule has 110 valence electrons. The molecule has 1 amide bonds. The van der Waals surface area contributed by atoms with Crippen LogP contribution < -0.4 is 0 Å². The molecule has 1 aromatic carbocycles. The quantitative estimate of drug-likeness (QED) is 0.799. The van der Waals surface area contributed by atoms with Crippen LogP contribution in [0.3, 0.4) is 0 Å². The van der Waals surface area contributed by atoms with Crippen molar-refractivity contribution in [2.45, 2.75) is 6.54 Å². The molecule has 0 N–H and O–H groups in total. The van der Waals surface area contributed by atoms with Crippen molar-refractivity contribution in [2.24, 2.45) is 7.05 Å². The Labute approximate surface area is 122 Å². The van der Waals surface area contributed by atoms with E-state index < -0.39 is 5.97 Å². The second-order valence-corrected chi connectivity index (χ2v) is 4.68. The Kier molecular flexibility index (Phi) is 4.37. The fraction of sp³-hybridized carbons (Fsp3) is 0.267. The number of hydrogen-bond donors (Lipinski definition) is 0. The van der Waals surface area contributed by atoms with E-state index >= 15 is 0 Å². The summed E-state index contributed by atoms with van der Waals surface area (Å²) in [6.07, 6.45) is 1.69. The molecule has 0 aliphatic rings. The van der Waals surface area contributed by atoms with Gasteiger partial charge in [-0.25, -0.2) is 4.79 Å². The first kappa shape index (κ1) is 14.8. The SMILES string of the molecule is COC(=O)c1ccc(C(=O)N(C)Cc2ccnn2C)cc1. The van der Waals surface area contributed by atoms with Gasteiger partial charge in [0.2, 0.25) is 0 Å². The molecule has 0 unspecified atom stereocenters. The Balaban J connectivity index is 2.09. The first-order valence-electron chi connectivity index (χ1n) is 6.43. The molecule has 1 heterocycles. The van der Waals surface area contributed by atoms with Gasteiger partial charge in [-0.3, -0.25) is 9.48 Å². The van der Waals surface area contributed by atoms with Gasteiger partial charge in [0.25, 0.3) is 5.91 Å². The number of ether oxygens (including phenoxy) is 1. The van der Waals surface area contributed by atoms with Crippen molar-refractivity contribution in [3.8, 4) is 0 Å². The smallest absolute Gasteiger partial charge is 0.337 e. The average molecular weight is 287 g/mol. The van der Waals surface area contributed by atoms with Gasteiger partial charge < -0.3 is 9.64 Å². The van der Waals surface area contributed by atoms with Gasteiger partial charge >= 0.3 is 5.97 Å². The normalized spacial score (nSPS) is 10.2. The summed E-state index contributed by atoms with van der Waals surface area (Å²) in [6.45, 7) is 0.466. The molecule has 21 heavy (non-hydrogen) atoms. The van der Waals surface area contributed by atoms with Crippen molar-refractivity contribution in [1.29, 1.82) is 0 Å². The summed E-state index contributed by atoms with van der Waals surface area (Å²) in [5, 5.41) is 4.07. The zero-order valence-corrected chi connectivity index (χ0v) is 12.2. The minimum Gasteiger partial charge on any atom is -0.465 e. The van der Waals surface area contributed by atoms with Gasteiger partial charge in [0.05, 0.1) is 24.9 Å². The number of aromatic nitrogens is 2. The standard InChI is InChI=1S/C15H17N3O3/c1-17(10-13-8-9-16-18(13)2)14(19)11-4-6-12(7-5-11)15(20)21-3/h4-9H,10H2,1-3H3. The van der Waals surface area contributed by atoms with E-state index in [1.54, 1.807) is 47.1 Å². The average Bonchev–Trinajstić information content (AvgIpc) is 2.91. The second-order valence-electron chi connectivity index (χ2n) is 4.68. The molecule has 0 bridgehead atoms. The van der Waals surface area contributed by atoms with E-state index in [2.05, 4.69) is 9.84 Å². The third-order valence-electron chi connectivity index (χ3n) is 3.22. The Morgan fingerprint density at radius 1 is 1.19 bits per heavy atom. The third kappa shape index (κ3) is 3.28. The number of amides is 1. The van der Waals surface area contributed by atoms with Crippen molar-refractivity contribution in [2.75, 3.05) is 14.2 Å². The van der Waals surface area contributed by atoms with E-state index in [4.69, 9.17) is 0 Å². The van der Waals surface area contributed by atoms with Gasteiger partial charge in [-0.2, -0.15) is 5.10 Å². The van der Waals surface area contributed by atoms with Crippen LogP contribution in [0.25, 0.3) is 0 Å². The zero-order chi connectivity index (χ0) is 15.4. The number of nitrogens with zero attached hydrogens (tertiary/aromatic N) is 3. The van der Waals surface area contributed by atoms with Crippen LogP contribution in [0.2, 0.25) is 0 Å². The van der Waals surface area contributed by atoms with Gasteiger partial charge in [0.15, 0.2) is 0 Å². The lowest BCUT2D eigenvalue weighted by molar-refractivity contribution is 0.0600. The van der Waals surface area contributed by atoms with Crippen LogP contribution in [-0.4, -0.2) is 40.7 Å². The number of hydrogen-bond acceptors (Lipinski definition) is 4. The van der Waals surface area contributed by atoms with Gasteiger partial charge in [0, 0.05) is 25.9 Å². The van der Waals surface area contributed by atoms with Crippen molar-refractivity contribution in [3.63, 3.8) is 0 Å². The van der Waals surface area contributed by atoms with E-state index in [0.717, 1.165) is 5.69 Å². The highest BCUT2D eigenvalue weighted by molar-refractivity contribution is 5.96. The molecule has 0 radical (unpaired) electrons. The number of esters is 1. The predicted octanol–water partition coefficient (Wildman–Crippen LogP) is 1.48. The maximum absolute atomic E-state index is 12.3. The Hall–Kier alpha value is -2.63. The topological polar surface area (TPSA) is 64.4 Å². The molecule has 2 rings (SSSR count). The van der Waals surface area contributed by atoms with Crippen LogP contribution in [0.4, 0.5) is 0 Å².